The highest BCUT2D eigenvalue weighted by atomic mass is 16.5. The van der Waals surface area contributed by atoms with Gasteiger partial charge in [0.05, 0.1) is 12.7 Å². The van der Waals surface area contributed by atoms with Crippen LogP contribution in [0.3, 0.4) is 0 Å². The minimum absolute atomic E-state index is 0.0480. The van der Waals surface area contributed by atoms with Crippen LogP contribution in [0.1, 0.15) is 38.5 Å². The van der Waals surface area contributed by atoms with E-state index in [1.807, 2.05) is 20.6 Å². The number of ether oxygens (including phenoxy) is 1. The zero-order valence-corrected chi connectivity index (χ0v) is 12.1. The quantitative estimate of drug-likeness (QED) is 0.817. The van der Waals surface area contributed by atoms with Crippen LogP contribution in [0.4, 0.5) is 0 Å². The van der Waals surface area contributed by atoms with Gasteiger partial charge >= 0.3 is 5.69 Å². The number of nitrogens with zero attached hydrogens (tertiary/aromatic N) is 1. The number of carbonyl (C=O) groups excluding carboxylic acids is 1. The standard InChI is InChI=1S/C10H14N2O4.C2H6.CH2O/c1-6-4-12(10(15)11-9(6)14)8-3-2-7(5-13)16-8;2*1-2/h4,7-8,13H,2-3,5H2,1H3,(H,11,14,15);1-2H3;1H2/t7-,8+;;/m0../s1. The second-order valence-electron chi connectivity index (χ2n) is 3.95. The van der Waals surface area contributed by atoms with E-state index in [4.69, 9.17) is 14.6 Å². The van der Waals surface area contributed by atoms with E-state index in [1.54, 1.807) is 6.92 Å². The molecule has 20 heavy (non-hydrogen) atoms. The van der Waals surface area contributed by atoms with Crippen LogP contribution in [0.2, 0.25) is 0 Å². The Morgan fingerprint density at radius 1 is 1.40 bits per heavy atom. The summed E-state index contributed by atoms with van der Waals surface area (Å²) in [6.45, 7) is 7.58. The van der Waals surface area contributed by atoms with Crippen molar-refractivity contribution in [2.45, 2.75) is 45.9 Å². The number of H-pyrrole nitrogens is 1. The molecular weight excluding hydrogens is 264 g/mol. The van der Waals surface area contributed by atoms with E-state index in [0.29, 0.717) is 18.4 Å². The molecule has 0 radical (unpaired) electrons. The van der Waals surface area contributed by atoms with Crippen LogP contribution in [0.25, 0.3) is 0 Å². The Bertz CT molecular complexity index is 508. The molecule has 2 atom stereocenters. The van der Waals surface area contributed by atoms with Crippen molar-refractivity contribution in [1.82, 2.24) is 9.55 Å². The molecule has 7 nitrogen and oxygen atoms in total. The van der Waals surface area contributed by atoms with Gasteiger partial charge in [-0.25, -0.2) is 4.79 Å². The van der Waals surface area contributed by atoms with E-state index in [2.05, 4.69) is 4.98 Å². The average Bonchev–Trinajstić information content (AvgIpc) is 2.96. The Balaban J connectivity index is 0.000000829. The van der Waals surface area contributed by atoms with Crippen molar-refractivity contribution in [2.24, 2.45) is 0 Å². The number of aromatic amines is 1. The molecule has 0 amide bonds. The lowest BCUT2D eigenvalue weighted by Gasteiger charge is -2.14. The molecule has 1 fully saturated rings. The van der Waals surface area contributed by atoms with Gasteiger partial charge in [-0.2, -0.15) is 0 Å². The molecule has 1 aromatic rings. The molecule has 1 saturated heterocycles. The molecule has 1 aliphatic heterocycles. The van der Waals surface area contributed by atoms with Crippen LogP contribution in [0, 0.1) is 6.92 Å². The van der Waals surface area contributed by atoms with Gasteiger partial charge in [-0.15, -0.1) is 0 Å². The number of carbonyl (C=O) groups is 1. The smallest absolute Gasteiger partial charge is 0.330 e. The molecule has 0 bridgehead atoms. The minimum atomic E-state index is -0.473. The Hall–Kier alpha value is -1.73. The maximum Gasteiger partial charge on any atom is 0.330 e. The minimum Gasteiger partial charge on any atom is -0.394 e. The molecule has 0 unspecified atom stereocenters. The SMILES string of the molecule is C=O.CC.Cc1cn([C@H]2CC[C@@H](CO)O2)c(=O)[nH]c1=O. The van der Waals surface area contributed by atoms with Crippen molar-refractivity contribution in [3.63, 3.8) is 0 Å². The Kier molecular flexibility index (Phi) is 8.42. The van der Waals surface area contributed by atoms with E-state index in [-0.39, 0.29) is 24.5 Å². The normalized spacial score (nSPS) is 20.4. The largest absolute Gasteiger partial charge is 0.394 e. The zero-order chi connectivity index (χ0) is 15.7. The van der Waals surface area contributed by atoms with Gasteiger partial charge < -0.3 is 14.6 Å². The van der Waals surface area contributed by atoms with Crippen LogP contribution in [-0.2, 0) is 9.53 Å². The summed E-state index contributed by atoms with van der Waals surface area (Å²) >= 11 is 0. The number of aliphatic hydroxyl groups is 1. The van der Waals surface area contributed by atoms with E-state index in [9.17, 15) is 9.59 Å². The summed E-state index contributed by atoms with van der Waals surface area (Å²) in [5.41, 5.74) is -0.382. The summed E-state index contributed by atoms with van der Waals surface area (Å²) in [4.78, 5) is 32.9. The van der Waals surface area contributed by atoms with E-state index in [0.717, 1.165) is 0 Å². The third-order valence-electron chi connectivity index (χ3n) is 2.74. The van der Waals surface area contributed by atoms with Crippen molar-refractivity contribution in [3.8, 4) is 0 Å². The van der Waals surface area contributed by atoms with Gasteiger partial charge in [-0.3, -0.25) is 14.3 Å². The maximum absolute atomic E-state index is 11.5. The summed E-state index contributed by atoms with van der Waals surface area (Å²) in [5.74, 6) is 0. The van der Waals surface area contributed by atoms with Crippen LogP contribution in [0.15, 0.2) is 15.8 Å². The van der Waals surface area contributed by atoms with Crippen molar-refractivity contribution < 1.29 is 14.6 Å². The Morgan fingerprint density at radius 2 is 2.00 bits per heavy atom. The summed E-state index contributed by atoms with van der Waals surface area (Å²) in [7, 11) is 0. The number of hydrogen-bond acceptors (Lipinski definition) is 5. The molecule has 1 aliphatic rings. The number of rotatable bonds is 2. The van der Waals surface area contributed by atoms with Crippen LogP contribution >= 0.6 is 0 Å². The molecule has 0 aliphatic carbocycles. The van der Waals surface area contributed by atoms with E-state index < -0.39 is 5.69 Å². The Morgan fingerprint density at radius 3 is 2.50 bits per heavy atom. The predicted molar refractivity (Wildman–Crippen MR) is 74.8 cm³/mol. The molecule has 1 aromatic heterocycles. The van der Waals surface area contributed by atoms with Crippen LogP contribution in [0.5, 0.6) is 0 Å². The van der Waals surface area contributed by atoms with Gasteiger partial charge in [0.15, 0.2) is 0 Å². The summed E-state index contributed by atoms with van der Waals surface area (Å²) < 4.78 is 6.83. The molecule has 2 rings (SSSR count). The van der Waals surface area contributed by atoms with Crippen LogP contribution in [-0.4, -0.2) is 34.2 Å². The summed E-state index contributed by atoms with van der Waals surface area (Å²) in [6, 6.07) is 0. The van der Waals surface area contributed by atoms with Crippen molar-refractivity contribution in [3.05, 3.63) is 32.6 Å². The highest BCUT2D eigenvalue weighted by Gasteiger charge is 2.26. The highest BCUT2D eigenvalue weighted by Crippen LogP contribution is 2.26. The number of aliphatic hydroxyl groups excluding tert-OH is 1. The zero-order valence-electron chi connectivity index (χ0n) is 12.1. The fourth-order valence-electron chi connectivity index (χ4n) is 1.83. The Labute approximate surface area is 117 Å². The summed E-state index contributed by atoms with van der Waals surface area (Å²) in [5, 5.41) is 8.93. The lowest BCUT2D eigenvalue weighted by molar-refractivity contribution is -0.0979. The number of nitrogens with one attached hydrogen (secondary N) is 1. The molecular formula is C13H22N2O5. The first kappa shape index (κ1) is 18.3. The van der Waals surface area contributed by atoms with Gasteiger partial charge in [0.1, 0.15) is 13.0 Å². The molecule has 0 aromatic carbocycles. The molecule has 7 heteroatoms. The van der Waals surface area contributed by atoms with E-state index in [1.165, 1.54) is 10.8 Å². The molecule has 0 saturated carbocycles. The van der Waals surface area contributed by atoms with Crippen molar-refractivity contribution in [2.75, 3.05) is 6.61 Å². The molecule has 0 spiro atoms. The number of aromatic nitrogens is 2. The third-order valence-corrected chi connectivity index (χ3v) is 2.74. The van der Waals surface area contributed by atoms with Gasteiger partial charge in [0.2, 0.25) is 0 Å². The van der Waals surface area contributed by atoms with Gasteiger partial charge in [-0.1, -0.05) is 13.8 Å². The first-order valence-electron chi connectivity index (χ1n) is 6.49. The molecule has 114 valence electrons. The maximum atomic E-state index is 11.5. The monoisotopic (exact) mass is 286 g/mol. The second-order valence-corrected chi connectivity index (χ2v) is 3.95. The topological polar surface area (TPSA) is 101 Å². The first-order valence-corrected chi connectivity index (χ1v) is 6.49. The number of hydrogen-bond donors (Lipinski definition) is 2. The van der Waals surface area contributed by atoms with Gasteiger partial charge in [0.25, 0.3) is 5.56 Å². The fraction of sp³-hybridized carbons (Fsp3) is 0.615. The van der Waals surface area contributed by atoms with Crippen LogP contribution < -0.4 is 11.2 Å². The fourth-order valence-corrected chi connectivity index (χ4v) is 1.83. The van der Waals surface area contributed by atoms with Crippen molar-refractivity contribution >= 4 is 6.79 Å². The second kappa shape index (κ2) is 9.22. The number of aryl methyl sites for hydroxylation is 1. The highest BCUT2D eigenvalue weighted by molar-refractivity contribution is 5.11. The predicted octanol–water partition coefficient (Wildman–Crippen LogP) is 0.356. The molecule has 2 heterocycles. The van der Waals surface area contributed by atoms with Gasteiger partial charge in [-0.05, 0) is 19.8 Å². The lowest BCUT2D eigenvalue weighted by Crippen LogP contribution is -2.33. The van der Waals surface area contributed by atoms with Gasteiger partial charge in [0, 0.05) is 11.8 Å². The third kappa shape index (κ3) is 4.43. The van der Waals surface area contributed by atoms with E-state index >= 15 is 0 Å². The average molecular weight is 286 g/mol. The lowest BCUT2D eigenvalue weighted by atomic mass is 10.2. The summed E-state index contributed by atoms with van der Waals surface area (Å²) in [6.07, 6.45) is 2.26. The van der Waals surface area contributed by atoms with Crippen molar-refractivity contribution in [1.29, 1.82) is 0 Å². The molecule has 2 N–H and O–H groups in total. The first-order chi connectivity index (χ1) is 9.61.